The maximum Gasteiger partial charge on any atom is 0.494 e. The van der Waals surface area contributed by atoms with E-state index in [0.717, 1.165) is 19.1 Å². The Morgan fingerprint density at radius 2 is 1.93 bits per heavy atom. The smallest absolute Gasteiger partial charge is 0.423 e. The first kappa shape index (κ1) is 10.8. The van der Waals surface area contributed by atoms with Gasteiger partial charge in [0, 0.05) is 0 Å². The van der Waals surface area contributed by atoms with E-state index in [1.54, 1.807) is 0 Å². The molecule has 74 valence electrons. The van der Waals surface area contributed by atoms with Crippen LogP contribution in [0.1, 0.15) is 17.3 Å². The Balaban J connectivity index is 3.41. The van der Waals surface area contributed by atoms with E-state index in [9.17, 15) is 13.6 Å². The van der Waals surface area contributed by atoms with Crippen molar-refractivity contribution >= 4 is 18.4 Å². The second-order valence-electron chi connectivity index (χ2n) is 2.75. The largest absolute Gasteiger partial charge is 0.494 e. The van der Waals surface area contributed by atoms with Gasteiger partial charge in [-0.15, -0.1) is 0 Å². The molecule has 0 saturated carbocycles. The number of benzene rings is 1. The van der Waals surface area contributed by atoms with E-state index < -0.39 is 30.0 Å². The zero-order valence-electron chi connectivity index (χ0n) is 7.29. The predicted octanol–water partition coefficient (Wildman–Crippen LogP) is -0.153. The molecule has 0 aliphatic heterocycles. The molecule has 0 aromatic heterocycles. The number of halogens is 2. The van der Waals surface area contributed by atoms with E-state index in [2.05, 4.69) is 0 Å². The van der Waals surface area contributed by atoms with E-state index >= 15 is 0 Å². The predicted molar refractivity (Wildman–Crippen MR) is 46.2 cm³/mol. The third-order valence-electron chi connectivity index (χ3n) is 1.76. The molecule has 0 bridgehead atoms. The average molecular weight is 200 g/mol. The van der Waals surface area contributed by atoms with Gasteiger partial charge in [0.1, 0.15) is 11.6 Å². The van der Waals surface area contributed by atoms with Gasteiger partial charge in [-0.3, -0.25) is 4.79 Å². The highest BCUT2D eigenvalue weighted by Crippen LogP contribution is 2.08. The number of rotatable bonds is 2. The summed E-state index contributed by atoms with van der Waals surface area (Å²) in [7, 11) is -2.27. The molecule has 0 heterocycles. The van der Waals surface area contributed by atoms with Gasteiger partial charge >= 0.3 is 7.12 Å². The molecule has 1 rings (SSSR count). The van der Waals surface area contributed by atoms with Gasteiger partial charge in [0.05, 0.1) is 11.0 Å². The van der Waals surface area contributed by atoms with Crippen LogP contribution in [0.3, 0.4) is 0 Å². The average Bonchev–Trinajstić information content (AvgIpc) is 2.02. The molecule has 0 spiro atoms. The molecular weight excluding hydrogens is 193 g/mol. The van der Waals surface area contributed by atoms with Crippen LogP contribution in [-0.2, 0) is 0 Å². The molecule has 6 heteroatoms. The number of hydrogen-bond donors (Lipinski definition) is 2. The number of carbonyl (C=O) groups excluding carboxylic acids is 1. The highest BCUT2D eigenvalue weighted by atomic mass is 19.1. The van der Waals surface area contributed by atoms with E-state index in [1.165, 1.54) is 0 Å². The molecule has 0 radical (unpaired) electrons. The van der Waals surface area contributed by atoms with Gasteiger partial charge in [0.25, 0.3) is 0 Å². The fourth-order valence-electron chi connectivity index (χ4n) is 1.08. The minimum Gasteiger partial charge on any atom is -0.423 e. The van der Waals surface area contributed by atoms with Crippen molar-refractivity contribution in [3.63, 3.8) is 0 Å². The molecule has 14 heavy (non-hydrogen) atoms. The topological polar surface area (TPSA) is 57.5 Å². The summed E-state index contributed by atoms with van der Waals surface area (Å²) in [6, 6.07) is 1.77. The molecular formula is C8H7BF2O3. The Kier molecular flexibility index (Phi) is 2.98. The standard InChI is InChI=1S/C8H7BF2O3/c1-4(12)5-2-3-6(10)7(8(5)11)9(13)14/h2-3,13-14H,1H3. The van der Waals surface area contributed by atoms with Crippen LogP contribution in [0, 0.1) is 11.6 Å². The van der Waals surface area contributed by atoms with Gasteiger partial charge < -0.3 is 10.0 Å². The van der Waals surface area contributed by atoms with Gasteiger partial charge in [-0.1, -0.05) is 0 Å². The summed E-state index contributed by atoms with van der Waals surface area (Å²) in [5.41, 5.74) is -1.27. The van der Waals surface area contributed by atoms with Gasteiger partial charge in [-0.25, -0.2) is 8.78 Å². The molecule has 0 aliphatic rings. The van der Waals surface area contributed by atoms with Crippen LogP contribution in [0.25, 0.3) is 0 Å². The van der Waals surface area contributed by atoms with Crippen LogP contribution in [0.4, 0.5) is 8.78 Å². The lowest BCUT2D eigenvalue weighted by Crippen LogP contribution is -2.36. The molecule has 0 fully saturated rings. The van der Waals surface area contributed by atoms with Crippen molar-refractivity contribution in [2.45, 2.75) is 6.92 Å². The first-order valence-corrected chi connectivity index (χ1v) is 3.80. The Bertz CT molecular complexity index is 379. The van der Waals surface area contributed by atoms with Crippen LogP contribution < -0.4 is 5.46 Å². The van der Waals surface area contributed by atoms with Gasteiger partial charge in [0.2, 0.25) is 0 Å². The summed E-state index contributed by atoms with van der Waals surface area (Å²) in [5, 5.41) is 17.3. The number of ketones is 1. The van der Waals surface area contributed by atoms with E-state index in [0.29, 0.717) is 0 Å². The molecule has 1 aromatic carbocycles. The van der Waals surface area contributed by atoms with E-state index in [1.807, 2.05) is 0 Å². The third kappa shape index (κ3) is 1.81. The summed E-state index contributed by atoms with van der Waals surface area (Å²) < 4.78 is 26.1. The highest BCUT2D eigenvalue weighted by molar-refractivity contribution is 6.59. The van der Waals surface area contributed by atoms with Crippen molar-refractivity contribution in [1.82, 2.24) is 0 Å². The molecule has 0 unspecified atom stereocenters. The first-order valence-electron chi connectivity index (χ1n) is 3.80. The Morgan fingerprint density at radius 1 is 1.36 bits per heavy atom. The maximum atomic E-state index is 13.3. The summed E-state index contributed by atoms with van der Waals surface area (Å²) in [6.07, 6.45) is 0. The SMILES string of the molecule is CC(=O)c1ccc(F)c(B(O)O)c1F. The van der Waals surface area contributed by atoms with E-state index in [-0.39, 0.29) is 5.56 Å². The molecule has 2 N–H and O–H groups in total. The molecule has 0 aliphatic carbocycles. The Morgan fingerprint density at radius 3 is 2.36 bits per heavy atom. The molecule has 0 amide bonds. The minimum atomic E-state index is -2.27. The third-order valence-corrected chi connectivity index (χ3v) is 1.76. The molecule has 0 saturated heterocycles. The van der Waals surface area contributed by atoms with Crippen LogP contribution in [0.5, 0.6) is 0 Å². The number of Topliss-reactive ketones (excluding diaryl/α,β-unsaturated/α-hetero) is 1. The maximum absolute atomic E-state index is 13.3. The van der Waals surface area contributed by atoms with Gasteiger partial charge in [0.15, 0.2) is 5.78 Å². The summed E-state index contributed by atoms with van der Waals surface area (Å²) in [4.78, 5) is 10.8. The van der Waals surface area contributed by atoms with Crippen LogP contribution in [0.2, 0.25) is 0 Å². The molecule has 0 atom stereocenters. The van der Waals surface area contributed by atoms with Crippen molar-refractivity contribution < 1.29 is 23.6 Å². The fraction of sp³-hybridized carbons (Fsp3) is 0.125. The van der Waals surface area contributed by atoms with Crippen molar-refractivity contribution in [1.29, 1.82) is 0 Å². The zero-order valence-corrected chi connectivity index (χ0v) is 7.29. The normalized spacial score (nSPS) is 10.1. The van der Waals surface area contributed by atoms with Gasteiger partial charge in [-0.05, 0) is 19.1 Å². The minimum absolute atomic E-state index is 0.366. The van der Waals surface area contributed by atoms with Crippen molar-refractivity contribution in [3.05, 3.63) is 29.3 Å². The Hall–Kier alpha value is -1.27. The lowest BCUT2D eigenvalue weighted by Gasteiger charge is -2.06. The summed E-state index contributed by atoms with van der Waals surface area (Å²) >= 11 is 0. The van der Waals surface area contributed by atoms with Crippen molar-refractivity contribution in [2.24, 2.45) is 0 Å². The second kappa shape index (κ2) is 3.85. The van der Waals surface area contributed by atoms with Crippen LogP contribution in [0.15, 0.2) is 12.1 Å². The Labute approximate surface area is 79.1 Å². The van der Waals surface area contributed by atoms with Crippen LogP contribution >= 0.6 is 0 Å². The van der Waals surface area contributed by atoms with Gasteiger partial charge in [-0.2, -0.15) is 0 Å². The van der Waals surface area contributed by atoms with Crippen molar-refractivity contribution in [2.75, 3.05) is 0 Å². The highest BCUT2D eigenvalue weighted by Gasteiger charge is 2.24. The quantitative estimate of drug-likeness (QED) is 0.515. The number of carbonyl (C=O) groups is 1. The lowest BCUT2D eigenvalue weighted by atomic mass is 9.78. The zero-order chi connectivity index (χ0) is 10.9. The molecule has 1 aromatic rings. The van der Waals surface area contributed by atoms with Crippen LogP contribution in [-0.4, -0.2) is 22.9 Å². The molecule has 3 nitrogen and oxygen atoms in total. The summed E-state index contributed by atoms with van der Waals surface area (Å²) in [5.74, 6) is -2.93. The summed E-state index contributed by atoms with van der Waals surface area (Å²) in [6.45, 7) is 1.10. The second-order valence-corrected chi connectivity index (χ2v) is 2.75. The fourth-order valence-corrected chi connectivity index (χ4v) is 1.08. The van der Waals surface area contributed by atoms with Crippen molar-refractivity contribution in [3.8, 4) is 0 Å². The monoisotopic (exact) mass is 200 g/mol. The first-order chi connectivity index (χ1) is 6.45. The lowest BCUT2D eigenvalue weighted by molar-refractivity contribution is 0.101. The van der Waals surface area contributed by atoms with E-state index in [4.69, 9.17) is 10.0 Å². The number of hydrogen-bond acceptors (Lipinski definition) is 3.